The van der Waals surface area contributed by atoms with Gasteiger partial charge in [0.15, 0.2) is 0 Å². The maximum Gasteiger partial charge on any atom is 0.0803 e. The molecule has 0 bridgehead atoms. The molecule has 4 rings (SSSR count). The fourth-order valence-corrected chi connectivity index (χ4v) is 2.46. The van der Waals surface area contributed by atoms with Gasteiger partial charge in [0.2, 0.25) is 0 Å². The summed E-state index contributed by atoms with van der Waals surface area (Å²) in [5.41, 5.74) is 9.42. The van der Waals surface area contributed by atoms with Crippen molar-refractivity contribution in [3.63, 3.8) is 0 Å². The van der Waals surface area contributed by atoms with Gasteiger partial charge in [0.1, 0.15) is 0 Å². The van der Waals surface area contributed by atoms with Gasteiger partial charge >= 0.3 is 0 Å². The second kappa shape index (κ2) is 3.65. The lowest BCUT2D eigenvalue weighted by atomic mass is 10.1. The van der Waals surface area contributed by atoms with E-state index in [0.717, 1.165) is 38.4 Å². The van der Waals surface area contributed by atoms with Crippen molar-refractivity contribution in [2.75, 3.05) is 5.73 Å². The van der Waals surface area contributed by atoms with Crippen molar-refractivity contribution in [3.8, 4) is 0 Å². The summed E-state index contributed by atoms with van der Waals surface area (Å²) in [6, 6.07) is 16.0. The van der Waals surface area contributed by atoms with Gasteiger partial charge < -0.3 is 5.73 Å². The van der Waals surface area contributed by atoms with Crippen LogP contribution in [0.1, 0.15) is 0 Å². The summed E-state index contributed by atoms with van der Waals surface area (Å²) in [5, 5.41) is 3.30. The highest BCUT2D eigenvalue weighted by molar-refractivity contribution is 6.07. The molecule has 0 fully saturated rings. The summed E-state index contributed by atoms with van der Waals surface area (Å²) < 4.78 is 0. The number of hydrogen-bond acceptors (Lipinski definition) is 3. The lowest BCUT2D eigenvalue weighted by molar-refractivity contribution is 1.41. The summed E-state index contributed by atoms with van der Waals surface area (Å²) in [5.74, 6) is 0. The highest BCUT2D eigenvalue weighted by atomic mass is 14.7. The Morgan fingerprint density at radius 3 is 2.68 bits per heavy atom. The Hall–Kier alpha value is -2.68. The first-order valence-electron chi connectivity index (χ1n) is 6.15. The number of anilines is 1. The fraction of sp³-hybridized carbons (Fsp3) is 0. The molecule has 0 saturated carbocycles. The van der Waals surface area contributed by atoms with E-state index in [2.05, 4.69) is 23.2 Å². The van der Waals surface area contributed by atoms with Crippen molar-refractivity contribution in [1.29, 1.82) is 0 Å². The van der Waals surface area contributed by atoms with E-state index in [-0.39, 0.29) is 0 Å². The molecule has 0 saturated heterocycles. The summed E-state index contributed by atoms with van der Waals surface area (Å²) >= 11 is 0. The highest BCUT2D eigenvalue weighted by Gasteiger charge is 2.04. The van der Waals surface area contributed by atoms with E-state index in [1.165, 1.54) is 0 Å². The zero-order valence-electron chi connectivity index (χ0n) is 10.2. The Balaban J connectivity index is 2.23. The summed E-state index contributed by atoms with van der Waals surface area (Å²) in [6.45, 7) is 0. The predicted molar refractivity (Wildman–Crippen MR) is 79.0 cm³/mol. The third kappa shape index (κ3) is 1.52. The van der Waals surface area contributed by atoms with Gasteiger partial charge in [0, 0.05) is 28.0 Å². The fourth-order valence-electron chi connectivity index (χ4n) is 2.46. The van der Waals surface area contributed by atoms with Crippen LogP contribution in [-0.2, 0) is 0 Å². The minimum Gasteiger partial charge on any atom is -0.399 e. The van der Waals surface area contributed by atoms with Gasteiger partial charge in [-0.05, 0) is 36.4 Å². The van der Waals surface area contributed by atoms with Crippen LogP contribution in [-0.4, -0.2) is 9.97 Å². The lowest BCUT2D eigenvalue weighted by Gasteiger charge is -2.05. The molecule has 0 spiro atoms. The Morgan fingerprint density at radius 1 is 0.842 bits per heavy atom. The number of rotatable bonds is 0. The summed E-state index contributed by atoms with van der Waals surface area (Å²) in [7, 11) is 0. The topological polar surface area (TPSA) is 51.8 Å². The molecule has 0 aliphatic heterocycles. The van der Waals surface area contributed by atoms with E-state index in [1.54, 1.807) is 6.20 Å². The molecule has 2 aromatic carbocycles. The highest BCUT2D eigenvalue weighted by Crippen LogP contribution is 2.26. The quantitative estimate of drug-likeness (QED) is 0.293. The molecule has 0 atom stereocenters. The molecule has 0 aliphatic rings. The van der Waals surface area contributed by atoms with Crippen LogP contribution in [0.5, 0.6) is 0 Å². The van der Waals surface area contributed by atoms with Gasteiger partial charge in [0.25, 0.3) is 0 Å². The van der Waals surface area contributed by atoms with Crippen molar-refractivity contribution in [2.24, 2.45) is 0 Å². The van der Waals surface area contributed by atoms with Crippen molar-refractivity contribution in [3.05, 3.63) is 54.7 Å². The van der Waals surface area contributed by atoms with Gasteiger partial charge in [0.05, 0.1) is 16.6 Å². The molecule has 3 nitrogen and oxygen atoms in total. The van der Waals surface area contributed by atoms with Crippen molar-refractivity contribution in [2.45, 2.75) is 0 Å². The Kier molecular flexibility index (Phi) is 1.97. The van der Waals surface area contributed by atoms with Crippen LogP contribution >= 0.6 is 0 Å². The normalized spacial score (nSPS) is 11.4. The van der Waals surface area contributed by atoms with Crippen LogP contribution in [0.15, 0.2) is 54.7 Å². The maximum absolute atomic E-state index is 5.83. The molecule has 0 amide bonds. The SMILES string of the molecule is Nc1ccc2cc3ccc4ncccc4c3nc2c1. The third-order valence-corrected chi connectivity index (χ3v) is 3.39. The van der Waals surface area contributed by atoms with E-state index >= 15 is 0 Å². The van der Waals surface area contributed by atoms with E-state index in [0.29, 0.717) is 0 Å². The van der Waals surface area contributed by atoms with Crippen LogP contribution in [0.3, 0.4) is 0 Å². The van der Waals surface area contributed by atoms with Crippen LogP contribution in [0.25, 0.3) is 32.7 Å². The molecule has 0 aliphatic carbocycles. The molecule has 3 heteroatoms. The molecular formula is C16H11N3. The molecule has 19 heavy (non-hydrogen) atoms. The first kappa shape index (κ1) is 10.3. The Morgan fingerprint density at radius 2 is 1.74 bits per heavy atom. The Bertz CT molecular complexity index is 929. The van der Waals surface area contributed by atoms with Crippen LogP contribution in [0.4, 0.5) is 5.69 Å². The summed E-state index contributed by atoms with van der Waals surface area (Å²) in [6.07, 6.45) is 1.80. The van der Waals surface area contributed by atoms with E-state index < -0.39 is 0 Å². The van der Waals surface area contributed by atoms with Gasteiger partial charge in [-0.25, -0.2) is 4.98 Å². The number of pyridine rings is 2. The predicted octanol–water partition coefficient (Wildman–Crippen LogP) is 3.52. The first-order valence-corrected chi connectivity index (χ1v) is 6.15. The molecule has 4 aromatic rings. The van der Waals surface area contributed by atoms with Gasteiger partial charge in [-0.15, -0.1) is 0 Å². The lowest BCUT2D eigenvalue weighted by Crippen LogP contribution is -1.88. The minimum absolute atomic E-state index is 0.734. The number of nitrogens with two attached hydrogens (primary N) is 1. The number of nitrogens with zero attached hydrogens (tertiary/aromatic N) is 2. The molecule has 2 N–H and O–H groups in total. The Labute approximate surface area is 109 Å². The first-order chi connectivity index (χ1) is 9.31. The number of nitrogen functional groups attached to an aromatic ring is 1. The molecule has 2 aromatic heterocycles. The zero-order valence-corrected chi connectivity index (χ0v) is 10.2. The second-order valence-corrected chi connectivity index (χ2v) is 4.65. The van der Waals surface area contributed by atoms with Gasteiger partial charge in [-0.1, -0.05) is 12.1 Å². The van der Waals surface area contributed by atoms with E-state index in [9.17, 15) is 0 Å². The average molecular weight is 245 g/mol. The molecule has 2 heterocycles. The molecular weight excluding hydrogens is 234 g/mol. The van der Waals surface area contributed by atoms with Crippen molar-refractivity contribution < 1.29 is 0 Å². The van der Waals surface area contributed by atoms with Crippen LogP contribution in [0, 0.1) is 0 Å². The smallest absolute Gasteiger partial charge is 0.0803 e. The maximum atomic E-state index is 5.83. The monoisotopic (exact) mass is 245 g/mol. The second-order valence-electron chi connectivity index (χ2n) is 4.65. The van der Waals surface area contributed by atoms with Crippen molar-refractivity contribution in [1.82, 2.24) is 9.97 Å². The molecule has 90 valence electrons. The third-order valence-electron chi connectivity index (χ3n) is 3.39. The standard InChI is InChI=1S/C16H11N3/c17-12-5-3-10-8-11-4-6-14-13(2-1-7-18-14)16(11)19-15(10)9-12/h1-9H,17H2. The van der Waals surface area contributed by atoms with Gasteiger partial charge in [-0.2, -0.15) is 0 Å². The molecule has 0 unspecified atom stereocenters. The minimum atomic E-state index is 0.734. The number of hydrogen-bond donors (Lipinski definition) is 1. The number of aromatic nitrogens is 2. The zero-order chi connectivity index (χ0) is 12.8. The van der Waals surface area contributed by atoms with Crippen molar-refractivity contribution >= 4 is 38.4 Å². The van der Waals surface area contributed by atoms with E-state index in [1.807, 2.05) is 30.3 Å². The van der Waals surface area contributed by atoms with Crippen LogP contribution in [0.2, 0.25) is 0 Å². The molecule has 0 radical (unpaired) electrons. The van der Waals surface area contributed by atoms with Gasteiger partial charge in [-0.3, -0.25) is 4.98 Å². The van der Waals surface area contributed by atoms with E-state index in [4.69, 9.17) is 10.7 Å². The van der Waals surface area contributed by atoms with Crippen LogP contribution < -0.4 is 5.73 Å². The number of fused-ring (bicyclic) bond motifs is 4. The average Bonchev–Trinajstić information content (AvgIpc) is 2.45. The number of benzene rings is 2. The summed E-state index contributed by atoms with van der Waals surface area (Å²) in [4.78, 5) is 9.11. The largest absolute Gasteiger partial charge is 0.399 e.